The molecule has 0 radical (unpaired) electrons. The molecule has 0 aliphatic heterocycles. The molecule has 0 aliphatic carbocycles. The molecule has 0 aliphatic rings. The molecule has 0 unspecified atom stereocenters. The van der Waals surface area contributed by atoms with Crippen LogP contribution in [0.15, 0.2) is 30.3 Å². The lowest BCUT2D eigenvalue weighted by molar-refractivity contribution is 0.399. The quantitative estimate of drug-likeness (QED) is 0.802. The minimum Gasteiger partial charge on any atom is -0.497 e. The fraction of sp³-hybridized carbons (Fsp3) is 0.200. The van der Waals surface area contributed by atoms with E-state index < -0.39 is 5.82 Å². The molecule has 0 atom stereocenters. The Hall–Kier alpha value is -1.65. The van der Waals surface area contributed by atoms with Gasteiger partial charge in [0.1, 0.15) is 11.5 Å². The third-order valence-electron chi connectivity index (χ3n) is 2.95. The van der Waals surface area contributed by atoms with E-state index in [1.54, 1.807) is 14.2 Å². The van der Waals surface area contributed by atoms with Crippen molar-refractivity contribution in [2.75, 3.05) is 19.5 Å². The number of nitrogens with one attached hydrogen (secondary N) is 1. The Kier molecular flexibility index (Phi) is 5.15. The maximum absolute atomic E-state index is 13.4. The van der Waals surface area contributed by atoms with Gasteiger partial charge in [-0.2, -0.15) is 0 Å². The summed E-state index contributed by atoms with van der Waals surface area (Å²) in [5, 5.41) is 3.07. The van der Waals surface area contributed by atoms with Gasteiger partial charge in [0, 0.05) is 17.8 Å². The topological polar surface area (TPSA) is 30.5 Å². The third-order valence-corrected chi connectivity index (χ3v) is 3.50. The van der Waals surface area contributed by atoms with E-state index in [0.717, 1.165) is 17.1 Å². The van der Waals surface area contributed by atoms with E-state index in [1.165, 1.54) is 12.1 Å². The molecule has 112 valence electrons. The average molecular weight is 330 g/mol. The first kappa shape index (κ1) is 15.7. The van der Waals surface area contributed by atoms with Crippen LogP contribution in [0.25, 0.3) is 0 Å². The number of hydrogen-bond acceptors (Lipinski definition) is 3. The normalized spacial score (nSPS) is 10.3. The van der Waals surface area contributed by atoms with Crippen molar-refractivity contribution in [2.24, 2.45) is 0 Å². The van der Waals surface area contributed by atoms with E-state index in [2.05, 4.69) is 5.32 Å². The third kappa shape index (κ3) is 3.71. The van der Waals surface area contributed by atoms with Crippen LogP contribution in [0.4, 0.5) is 10.1 Å². The van der Waals surface area contributed by atoms with Gasteiger partial charge in [-0.15, -0.1) is 0 Å². The van der Waals surface area contributed by atoms with Crippen LogP contribution >= 0.6 is 23.2 Å². The van der Waals surface area contributed by atoms with Crippen LogP contribution in [-0.4, -0.2) is 14.2 Å². The smallest absolute Gasteiger partial charge is 0.160 e. The van der Waals surface area contributed by atoms with E-state index in [4.69, 9.17) is 32.7 Å². The fourth-order valence-corrected chi connectivity index (χ4v) is 2.36. The summed E-state index contributed by atoms with van der Waals surface area (Å²) in [4.78, 5) is 0. The van der Waals surface area contributed by atoms with Crippen molar-refractivity contribution in [1.82, 2.24) is 0 Å². The second kappa shape index (κ2) is 6.87. The largest absolute Gasteiger partial charge is 0.497 e. The molecule has 3 nitrogen and oxygen atoms in total. The van der Waals surface area contributed by atoms with Crippen LogP contribution in [0, 0.1) is 5.82 Å². The molecule has 21 heavy (non-hydrogen) atoms. The molecule has 2 rings (SSSR count). The maximum Gasteiger partial charge on any atom is 0.160 e. The Morgan fingerprint density at radius 3 is 2.29 bits per heavy atom. The number of ether oxygens (including phenoxy) is 2. The number of benzene rings is 2. The SMILES string of the molecule is COc1ccc(OC)c(CNc2cc(Cl)c(F)c(Cl)c2)c1. The van der Waals surface area contributed by atoms with E-state index in [-0.39, 0.29) is 10.0 Å². The molecular weight excluding hydrogens is 316 g/mol. The van der Waals surface area contributed by atoms with Crippen molar-refractivity contribution in [3.05, 3.63) is 51.8 Å². The van der Waals surface area contributed by atoms with Crippen LogP contribution < -0.4 is 14.8 Å². The van der Waals surface area contributed by atoms with Gasteiger partial charge in [-0.1, -0.05) is 23.2 Å². The van der Waals surface area contributed by atoms with E-state index in [1.807, 2.05) is 18.2 Å². The van der Waals surface area contributed by atoms with Crippen LogP contribution in [0.3, 0.4) is 0 Å². The van der Waals surface area contributed by atoms with Gasteiger partial charge in [-0.3, -0.25) is 0 Å². The Morgan fingerprint density at radius 1 is 1.05 bits per heavy atom. The van der Waals surface area contributed by atoms with E-state index >= 15 is 0 Å². The molecule has 2 aromatic carbocycles. The molecular formula is C15H14Cl2FNO2. The summed E-state index contributed by atoms with van der Waals surface area (Å²) < 4.78 is 23.8. The Labute approximate surface area is 132 Å². The molecule has 0 bridgehead atoms. The summed E-state index contributed by atoms with van der Waals surface area (Å²) in [6.07, 6.45) is 0. The summed E-state index contributed by atoms with van der Waals surface area (Å²) in [5.41, 5.74) is 1.52. The first-order chi connectivity index (χ1) is 10.0. The lowest BCUT2D eigenvalue weighted by atomic mass is 10.2. The Bertz CT molecular complexity index is 627. The van der Waals surface area contributed by atoms with Crippen LogP contribution in [-0.2, 0) is 6.54 Å². The van der Waals surface area contributed by atoms with Gasteiger partial charge in [-0.25, -0.2) is 4.39 Å². The number of methoxy groups -OCH3 is 2. The van der Waals surface area contributed by atoms with Gasteiger partial charge in [0.25, 0.3) is 0 Å². The van der Waals surface area contributed by atoms with Gasteiger partial charge in [0.05, 0.1) is 24.3 Å². The van der Waals surface area contributed by atoms with Crippen LogP contribution in [0.1, 0.15) is 5.56 Å². The number of hydrogen-bond donors (Lipinski definition) is 1. The van der Waals surface area contributed by atoms with Crippen LogP contribution in [0.5, 0.6) is 11.5 Å². The standard InChI is InChI=1S/C15H14Cl2FNO2/c1-20-11-3-4-14(21-2)9(5-11)8-19-10-6-12(16)15(18)13(17)7-10/h3-7,19H,8H2,1-2H3. The van der Waals surface area contributed by atoms with Crippen molar-refractivity contribution in [1.29, 1.82) is 0 Å². The fourth-order valence-electron chi connectivity index (χ4n) is 1.87. The summed E-state index contributed by atoms with van der Waals surface area (Å²) in [6.45, 7) is 0.457. The zero-order valence-corrected chi connectivity index (χ0v) is 13.1. The molecule has 1 N–H and O–H groups in total. The lowest BCUT2D eigenvalue weighted by Crippen LogP contribution is -2.02. The minimum atomic E-state index is -0.622. The highest BCUT2D eigenvalue weighted by atomic mass is 35.5. The molecule has 0 amide bonds. The van der Waals surface area contributed by atoms with Crippen molar-refractivity contribution >= 4 is 28.9 Å². The summed E-state index contributed by atoms with van der Waals surface area (Å²) in [6, 6.07) is 8.46. The summed E-state index contributed by atoms with van der Waals surface area (Å²) in [7, 11) is 3.19. The highest BCUT2D eigenvalue weighted by Gasteiger charge is 2.09. The van der Waals surface area contributed by atoms with Crippen molar-refractivity contribution in [3.63, 3.8) is 0 Å². The second-order valence-electron chi connectivity index (χ2n) is 4.29. The molecule has 0 aromatic heterocycles. The molecule has 0 fully saturated rings. The van der Waals surface area contributed by atoms with Crippen molar-refractivity contribution in [3.8, 4) is 11.5 Å². The minimum absolute atomic E-state index is 0.0254. The predicted molar refractivity (Wildman–Crippen MR) is 83.3 cm³/mol. The van der Waals surface area contributed by atoms with Gasteiger partial charge in [-0.05, 0) is 30.3 Å². The summed E-state index contributed by atoms with van der Waals surface area (Å²) in [5.74, 6) is 0.827. The van der Waals surface area contributed by atoms with Crippen molar-refractivity contribution < 1.29 is 13.9 Å². The van der Waals surface area contributed by atoms with Crippen LogP contribution in [0.2, 0.25) is 10.0 Å². The molecule has 0 heterocycles. The Morgan fingerprint density at radius 2 is 1.71 bits per heavy atom. The second-order valence-corrected chi connectivity index (χ2v) is 5.10. The molecule has 0 saturated carbocycles. The molecule has 0 saturated heterocycles. The van der Waals surface area contributed by atoms with Gasteiger partial charge in [0.2, 0.25) is 0 Å². The molecule has 0 spiro atoms. The van der Waals surface area contributed by atoms with Gasteiger partial charge < -0.3 is 14.8 Å². The number of rotatable bonds is 5. The van der Waals surface area contributed by atoms with E-state index in [0.29, 0.717) is 12.2 Å². The van der Waals surface area contributed by atoms with Gasteiger partial charge in [0.15, 0.2) is 5.82 Å². The summed E-state index contributed by atoms with van der Waals surface area (Å²) >= 11 is 11.5. The zero-order chi connectivity index (χ0) is 15.4. The zero-order valence-electron chi connectivity index (χ0n) is 11.5. The highest BCUT2D eigenvalue weighted by molar-refractivity contribution is 6.35. The first-order valence-corrected chi connectivity index (χ1v) is 6.90. The number of halogens is 3. The monoisotopic (exact) mass is 329 g/mol. The van der Waals surface area contributed by atoms with Crippen molar-refractivity contribution in [2.45, 2.75) is 6.54 Å². The lowest BCUT2D eigenvalue weighted by Gasteiger charge is -2.13. The number of anilines is 1. The van der Waals surface area contributed by atoms with E-state index in [9.17, 15) is 4.39 Å². The van der Waals surface area contributed by atoms with Gasteiger partial charge >= 0.3 is 0 Å². The molecule has 2 aromatic rings. The maximum atomic E-state index is 13.4. The Balaban J connectivity index is 2.19. The average Bonchev–Trinajstić information content (AvgIpc) is 2.50. The molecule has 6 heteroatoms. The first-order valence-electron chi connectivity index (χ1n) is 6.14. The highest BCUT2D eigenvalue weighted by Crippen LogP contribution is 2.29. The predicted octanol–water partition coefficient (Wildman–Crippen LogP) is 4.76.